The van der Waals surface area contributed by atoms with Crippen molar-refractivity contribution in [1.29, 1.82) is 0 Å². The quantitative estimate of drug-likeness (QED) is 0.714. The molecule has 0 radical (unpaired) electrons. The van der Waals surface area contributed by atoms with Gasteiger partial charge >= 0.3 is 0 Å². The van der Waals surface area contributed by atoms with Gasteiger partial charge in [-0.25, -0.2) is 9.37 Å². The number of amides is 2. The van der Waals surface area contributed by atoms with Crippen LogP contribution in [0.5, 0.6) is 0 Å². The van der Waals surface area contributed by atoms with Crippen molar-refractivity contribution < 1.29 is 14.0 Å². The fraction of sp³-hybridized carbons (Fsp3) is 0.421. The second-order valence-electron chi connectivity index (χ2n) is 6.61. The highest BCUT2D eigenvalue weighted by molar-refractivity contribution is 7.17. The monoisotopic (exact) mass is 462 g/mol. The van der Waals surface area contributed by atoms with Crippen molar-refractivity contribution in [3.05, 3.63) is 40.7 Å². The summed E-state index contributed by atoms with van der Waals surface area (Å²) in [5, 5.41) is 3.49. The standard InChI is InChI=1S/C19H23FN4O2S.2ClH/c1-12-16(27-18(23-12)13-4-6-15(20)7-5-13)19(26)24-10-2-3-14(11-24)17(25)22-9-8-21;;/h4-7,14H,2-3,8-11,21H2,1H3,(H,22,25);2*1H. The molecule has 1 aliphatic rings. The minimum atomic E-state index is -0.310. The van der Waals surface area contributed by atoms with Gasteiger partial charge in [-0.1, -0.05) is 0 Å². The number of nitrogens with one attached hydrogen (secondary N) is 1. The first-order valence-electron chi connectivity index (χ1n) is 9.00. The van der Waals surface area contributed by atoms with Crippen molar-refractivity contribution >= 4 is 48.0 Å². The number of nitrogens with two attached hydrogens (primary N) is 1. The van der Waals surface area contributed by atoms with Gasteiger partial charge in [0.2, 0.25) is 5.91 Å². The van der Waals surface area contributed by atoms with Crippen LogP contribution in [0.25, 0.3) is 10.6 Å². The van der Waals surface area contributed by atoms with Crippen molar-refractivity contribution in [2.75, 3.05) is 26.2 Å². The van der Waals surface area contributed by atoms with E-state index in [1.165, 1.54) is 23.5 Å². The molecule has 1 atom stereocenters. The number of halogens is 3. The zero-order valence-corrected chi connectivity index (χ0v) is 18.5. The van der Waals surface area contributed by atoms with Crippen LogP contribution in [0.15, 0.2) is 24.3 Å². The molecule has 2 amide bonds. The van der Waals surface area contributed by atoms with Crippen LogP contribution in [0, 0.1) is 18.7 Å². The molecule has 1 saturated heterocycles. The zero-order valence-electron chi connectivity index (χ0n) is 16.0. The van der Waals surface area contributed by atoms with E-state index in [1.54, 1.807) is 24.0 Å². The topological polar surface area (TPSA) is 88.3 Å². The van der Waals surface area contributed by atoms with E-state index >= 15 is 0 Å². The van der Waals surface area contributed by atoms with E-state index in [4.69, 9.17) is 5.73 Å². The summed E-state index contributed by atoms with van der Waals surface area (Å²) in [4.78, 5) is 32.0. The van der Waals surface area contributed by atoms with Gasteiger partial charge in [-0.3, -0.25) is 9.59 Å². The molecule has 1 aromatic carbocycles. The number of hydrogen-bond donors (Lipinski definition) is 2. The average Bonchev–Trinajstić information content (AvgIpc) is 3.07. The highest BCUT2D eigenvalue weighted by Crippen LogP contribution is 2.30. The summed E-state index contributed by atoms with van der Waals surface area (Å²) < 4.78 is 13.1. The van der Waals surface area contributed by atoms with Gasteiger partial charge in [0.25, 0.3) is 5.91 Å². The smallest absolute Gasteiger partial charge is 0.265 e. The van der Waals surface area contributed by atoms with Gasteiger partial charge in [0.05, 0.1) is 11.6 Å². The molecular formula is C19H25Cl2FN4O2S. The number of likely N-dealkylation sites (tertiary alicyclic amines) is 1. The third-order valence-electron chi connectivity index (χ3n) is 4.60. The minimum absolute atomic E-state index is 0. The summed E-state index contributed by atoms with van der Waals surface area (Å²) in [6, 6.07) is 6.06. The molecule has 29 heavy (non-hydrogen) atoms. The van der Waals surface area contributed by atoms with Crippen molar-refractivity contribution in [3.8, 4) is 10.6 Å². The Kier molecular flexibility index (Phi) is 9.98. The number of carbonyl (C=O) groups is 2. The Balaban J connectivity index is 0.00000210. The maximum Gasteiger partial charge on any atom is 0.265 e. The number of carbonyl (C=O) groups excluding carboxylic acids is 2. The first-order chi connectivity index (χ1) is 13.0. The summed E-state index contributed by atoms with van der Waals surface area (Å²) in [7, 11) is 0. The van der Waals surface area contributed by atoms with Crippen LogP contribution in [0.2, 0.25) is 0 Å². The van der Waals surface area contributed by atoms with Crippen LogP contribution in [-0.4, -0.2) is 47.9 Å². The van der Waals surface area contributed by atoms with E-state index in [9.17, 15) is 14.0 Å². The lowest BCUT2D eigenvalue weighted by Gasteiger charge is -2.31. The molecule has 3 N–H and O–H groups in total. The Morgan fingerprint density at radius 2 is 2.00 bits per heavy atom. The predicted molar refractivity (Wildman–Crippen MR) is 117 cm³/mol. The number of thiazole rings is 1. The van der Waals surface area contributed by atoms with E-state index in [1.807, 2.05) is 0 Å². The van der Waals surface area contributed by atoms with Gasteiger partial charge in [-0.15, -0.1) is 36.2 Å². The SMILES string of the molecule is Cc1nc(-c2ccc(F)cc2)sc1C(=O)N1CCCC(C(=O)NCCN)C1.Cl.Cl. The lowest BCUT2D eigenvalue weighted by Crippen LogP contribution is -2.46. The molecule has 2 aromatic rings. The Bertz CT molecular complexity index is 832. The number of rotatable bonds is 5. The Morgan fingerprint density at radius 1 is 1.31 bits per heavy atom. The number of benzene rings is 1. The highest BCUT2D eigenvalue weighted by atomic mass is 35.5. The molecule has 0 bridgehead atoms. The number of aromatic nitrogens is 1. The molecule has 0 spiro atoms. The molecular weight excluding hydrogens is 438 g/mol. The summed E-state index contributed by atoms with van der Waals surface area (Å²) in [6.07, 6.45) is 1.55. The Labute approximate surface area is 185 Å². The molecule has 1 aromatic heterocycles. The number of hydrogen-bond acceptors (Lipinski definition) is 5. The summed E-state index contributed by atoms with van der Waals surface area (Å²) in [5.74, 6) is -0.671. The van der Waals surface area contributed by atoms with Gasteiger partial charge in [0.1, 0.15) is 15.7 Å². The van der Waals surface area contributed by atoms with Crippen LogP contribution in [0.4, 0.5) is 4.39 Å². The lowest BCUT2D eigenvalue weighted by molar-refractivity contribution is -0.126. The van der Waals surface area contributed by atoms with Gasteiger partial charge in [0, 0.05) is 31.7 Å². The third-order valence-corrected chi connectivity index (χ3v) is 5.80. The second kappa shape index (κ2) is 11.4. The van der Waals surface area contributed by atoms with Gasteiger partial charge in [-0.2, -0.15) is 0 Å². The molecule has 1 unspecified atom stereocenters. The largest absolute Gasteiger partial charge is 0.355 e. The molecule has 6 nitrogen and oxygen atoms in total. The van der Waals surface area contributed by atoms with E-state index in [-0.39, 0.29) is 48.4 Å². The first kappa shape index (κ1) is 25.3. The fourth-order valence-electron chi connectivity index (χ4n) is 3.17. The van der Waals surface area contributed by atoms with E-state index in [0.717, 1.165) is 18.4 Å². The maximum atomic E-state index is 13.1. The molecule has 1 fully saturated rings. The van der Waals surface area contributed by atoms with Gasteiger partial charge in [0.15, 0.2) is 0 Å². The lowest BCUT2D eigenvalue weighted by atomic mass is 9.97. The van der Waals surface area contributed by atoms with Crippen LogP contribution >= 0.6 is 36.2 Å². The van der Waals surface area contributed by atoms with Crippen molar-refractivity contribution in [1.82, 2.24) is 15.2 Å². The number of piperidine rings is 1. The van der Waals surface area contributed by atoms with E-state index < -0.39 is 0 Å². The van der Waals surface area contributed by atoms with Crippen LogP contribution in [0.1, 0.15) is 28.2 Å². The molecule has 0 aliphatic carbocycles. The molecule has 3 rings (SSSR count). The fourth-order valence-corrected chi connectivity index (χ4v) is 4.21. The Morgan fingerprint density at radius 3 is 2.66 bits per heavy atom. The molecule has 1 aliphatic heterocycles. The second-order valence-corrected chi connectivity index (χ2v) is 7.61. The third kappa shape index (κ3) is 6.12. The number of nitrogens with zero attached hydrogens (tertiary/aromatic N) is 2. The van der Waals surface area contributed by atoms with Crippen LogP contribution < -0.4 is 11.1 Å². The average molecular weight is 463 g/mol. The normalized spacial score (nSPS) is 15.8. The molecule has 2 heterocycles. The van der Waals surface area contributed by atoms with Crippen molar-refractivity contribution in [3.63, 3.8) is 0 Å². The molecule has 10 heteroatoms. The van der Waals surface area contributed by atoms with Crippen molar-refractivity contribution in [2.24, 2.45) is 11.7 Å². The first-order valence-corrected chi connectivity index (χ1v) is 9.81. The summed E-state index contributed by atoms with van der Waals surface area (Å²) in [5.41, 5.74) is 6.86. The Hall–Kier alpha value is -1.74. The molecule has 0 saturated carbocycles. The predicted octanol–water partition coefficient (Wildman–Crippen LogP) is 3.03. The summed E-state index contributed by atoms with van der Waals surface area (Å²) in [6.45, 7) is 3.67. The van der Waals surface area contributed by atoms with Crippen LogP contribution in [0.3, 0.4) is 0 Å². The van der Waals surface area contributed by atoms with Gasteiger partial charge < -0.3 is 16.0 Å². The van der Waals surface area contributed by atoms with Gasteiger partial charge in [-0.05, 0) is 44.0 Å². The highest BCUT2D eigenvalue weighted by Gasteiger charge is 2.30. The maximum absolute atomic E-state index is 13.1. The van der Waals surface area contributed by atoms with Crippen LogP contribution in [-0.2, 0) is 4.79 Å². The summed E-state index contributed by atoms with van der Waals surface area (Å²) >= 11 is 1.30. The minimum Gasteiger partial charge on any atom is -0.355 e. The van der Waals surface area contributed by atoms with Crippen molar-refractivity contribution in [2.45, 2.75) is 19.8 Å². The number of aryl methyl sites for hydroxylation is 1. The van der Waals surface area contributed by atoms with E-state index in [2.05, 4.69) is 10.3 Å². The zero-order chi connectivity index (χ0) is 19.4. The molecule has 160 valence electrons. The van der Waals surface area contributed by atoms with E-state index in [0.29, 0.717) is 41.8 Å².